The molecule has 0 radical (unpaired) electrons. The van der Waals surface area contributed by atoms with Crippen LogP contribution in [0.2, 0.25) is 0 Å². The first kappa shape index (κ1) is 28.5. The summed E-state index contributed by atoms with van der Waals surface area (Å²) in [5.74, 6) is 0.719. The van der Waals surface area contributed by atoms with Crippen molar-refractivity contribution in [3.63, 3.8) is 0 Å². The number of aryl methyl sites for hydroxylation is 1. The Hall–Kier alpha value is -1.56. The molecule has 0 aliphatic rings. The second-order valence-electron chi connectivity index (χ2n) is 6.40. The molecule has 0 bridgehead atoms. The maximum absolute atomic E-state index is 12.7. The molecule has 13 heteroatoms. The van der Waals surface area contributed by atoms with Gasteiger partial charge in [-0.3, -0.25) is 14.1 Å². The average Bonchev–Trinajstić information content (AvgIpc) is 2.71. The van der Waals surface area contributed by atoms with Gasteiger partial charge < -0.3 is 20.4 Å². The standard InChI is InChI=1S/C19H23N4O6PS.Na.H/c1-13(23(12-24)11-16-10-21-14(2)22-18(16)20)17(8-9-29-30(26,27)28)31-19(25)15-6-4-3-5-7-15;;/h3-7,10,12H,8-9,11H2,1-2H3,(H2,20,21,22)(H2,26,27,28);;. The Morgan fingerprint density at radius 1 is 1.31 bits per heavy atom. The predicted octanol–water partition coefficient (Wildman–Crippen LogP) is 1.98. The number of phosphoric acid groups is 1. The molecule has 0 fully saturated rings. The van der Waals surface area contributed by atoms with E-state index in [1.807, 2.05) is 0 Å². The topological polar surface area (TPSA) is 156 Å². The van der Waals surface area contributed by atoms with E-state index in [1.54, 1.807) is 44.2 Å². The van der Waals surface area contributed by atoms with Gasteiger partial charge in [0.05, 0.1) is 13.2 Å². The van der Waals surface area contributed by atoms with Gasteiger partial charge in [0.2, 0.25) is 11.5 Å². The Balaban J connectivity index is 0.00000512. The number of phosphoric ester groups is 1. The van der Waals surface area contributed by atoms with Crippen LogP contribution in [0.3, 0.4) is 0 Å². The molecule has 4 N–H and O–H groups in total. The number of rotatable bonds is 10. The van der Waals surface area contributed by atoms with Crippen LogP contribution in [0.25, 0.3) is 0 Å². The minimum absolute atomic E-state index is 0. The number of carbonyl (C=O) groups excluding carboxylic acids is 2. The summed E-state index contributed by atoms with van der Waals surface area (Å²) in [6, 6.07) is 8.52. The van der Waals surface area contributed by atoms with E-state index in [9.17, 15) is 14.2 Å². The number of hydrogen-bond acceptors (Lipinski definition) is 8. The molecule has 0 aliphatic heterocycles. The third-order valence-electron chi connectivity index (χ3n) is 4.13. The fourth-order valence-electron chi connectivity index (χ4n) is 2.52. The molecule has 10 nitrogen and oxygen atoms in total. The molecule has 1 aromatic heterocycles. The van der Waals surface area contributed by atoms with Gasteiger partial charge in [-0.15, -0.1) is 0 Å². The van der Waals surface area contributed by atoms with Crippen LogP contribution >= 0.6 is 19.6 Å². The summed E-state index contributed by atoms with van der Waals surface area (Å²) in [6.07, 6.45) is 2.09. The molecule has 32 heavy (non-hydrogen) atoms. The summed E-state index contributed by atoms with van der Waals surface area (Å²) in [5, 5.41) is -0.282. The average molecular weight is 490 g/mol. The Labute approximate surface area is 212 Å². The number of thioether (sulfide) groups is 1. The van der Waals surface area contributed by atoms with Gasteiger partial charge in [-0.1, -0.05) is 30.3 Å². The fourth-order valence-corrected chi connectivity index (χ4v) is 3.78. The van der Waals surface area contributed by atoms with Gasteiger partial charge in [-0.25, -0.2) is 14.5 Å². The fraction of sp³-hybridized carbons (Fsp3) is 0.263. The van der Waals surface area contributed by atoms with Gasteiger partial charge in [0.15, 0.2) is 0 Å². The Kier molecular flexibility index (Phi) is 11.8. The van der Waals surface area contributed by atoms with E-state index in [4.69, 9.17) is 15.5 Å². The van der Waals surface area contributed by atoms with Crippen molar-refractivity contribution in [3.05, 3.63) is 64.1 Å². The monoisotopic (exact) mass is 490 g/mol. The second kappa shape index (κ2) is 13.2. The normalized spacial score (nSPS) is 11.9. The maximum atomic E-state index is 12.7. The van der Waals surface area contributed by atoms with Crippen LogP contribution in [0.15, 0.2) is 47.1 Å². The van der Waals surface area contributed by atoms with Crippen molar-refractivity contribution in [1.82, 2.24) is 14.9 Å². The van der Waals surface area contributed by atoms with E-state index >= 15 is 0 Å². The van der Waals surface area contributed by atoms with Crippen molar-refractivity contribution in [1.29, 1.82) is 0 Å². The number of carbonyl (C=O) groups is 2. The molecule has 0 aliphatic carbocycles. The van der Waals surface area contributed by atoms with Crippen LogP contribution in [0.4, 0.5) is 5.82 Å². The van der Waals surface area contributed by atoms with Gasteiger partial charge in [0.25, 0.3) is 0 Å². The van der Waals surface area contributed by atoms with Crippen molar-refractivity contribution in [2.45, 2.75) is 26.8 Å². The van der Waals surface area contributed by atoms with Gasteiger partial charge >= 0.3 is 37.4 Å². The number of nitrogens with zero attached hydrogens (tertiary/aromatic N) is 3. The van der Waals surface area contributed by atoms with Crippen LogP contribution in [0, 0.1) is 6.92 Å². The van der Waals surface area contributed by atoms with E-state index in [0.29, 0.717) is 34.0 Å². The number of amides is 1. The van der Waals surface area contributed by atoms with Crippen molar-refractivity contribution in [2.24, 2.45) is 0 Å². The molecule has 1 amide bonds. The Bertz CT molecular complexity index is 1020. The van der Waals surface area contributed by atoms with Crippen molar-refractivity contribution >= 4 is 66.5 Å². The first-order valence-electron chi connectivity index (χ1n) is 9.07. The third kappa shape index (κ3) is 9.13. The summed E-state index contributed by atoms with van der Waals surface area (Å²) in [4.78, 5) is 52.2. The number of nitrogen functional groups attached to an aromatic ring is 1. The molecular formula is C19H24N4NaO6PS. The molecule has 2 aromatic rings. The first-order valence-corrected chi connectivity index (χ1v) is 11.4. The van der Waals surface area contributed by atoms with E-state index in [-0.39, 0.29) is 60.1 Å². The zero-order valence-electron chi connectivity index (χ0n) is 17.0. The summed E-state index contributed by atoms with van der Waals surface area (Å²) in [7, 11) is -4.67. The van der Waals surface area contributed by atoms with Crippen LogP contribution in [-0.4, -0.2) is 72.3 Å². The van der Waals surface area contributed by atoms with Crippen molar-refractivity contribution < 1.29 is 28.5 Å². The minimum atomic E-state index is -4.67. The zero-order chi connectivity index (χ0) is 23.0. The van der Waals surface area contributed by atoms with Gasteiger partial charge in [0.1, 0.15) is 11.6 Å². The zero-order valence-corrected chi connectivity index (χ0v) is 18.7. The number of hydrogen-bond donors (Lipinski definition) is 3. The van der Waals surface area contributed by atoms with Crippen LogP contribution in [0.5, 0.6) is 0 Å². The molecule has 0 saturated heterocycles. The molecule has 2 rings (SSSR count). The van der Waals surface area contributed by atoms with Gasteiger partial charge in [0, 0.05) is 34.3 Å². The van der Waals surface area contributed by atoms with Crippen molar-refractivity contribution in [3.8, 4) is 0 Å². The third-order valence-corrected chi connectivity index (χ3v) is 5.82. The quantitative estimate of drug-likeness (QED) is 0.256. The number of allylic oxidation sites excluding steroid dienone is 1. The molecule has 1 heterocycles. The van der Waals surface area contributed by atoms with E-state index in [0.717, 1.165) is 11.8 Å². The molecule has 0 unspecified atom stereocenters. The van der Waals surface area contributed by atoms with Crippen LogP contribution in [0.1, 0.15) is 35.1 Å². The SMILES string of the molecule is CC(=C(CCOP(=O)(O)O)SC(=O)c1ccccc1)N(C=O)Cc1cnc(C)nc1N.[NaH]. The Morgan fingerprint density at radius 2 is 1.97 bits per heavy atom. The molecule has 0 spiro atoms. The second-order valence-corrected chi connectivity index (χ2v) is 8.71. The van der Waals surface area contributed by atoms with Crippen LogP contribution < -0.4 is 5.73 Å². The molecule has 1 aromatic carbocycles. The van der Waals surface area contributed by atoms with E-state index in [2.05, 4.69) is 14.5 Å². The summed E-state index contributed by atoms with van der Waals surface area (Å²) in [6.45, 7) is 3.03. The number of anilines is 1. The summed E-state index contributed by atoms with van der Waals surface area (Å²) < 4.78 is 15.5. The predicted molar refractivity (Wildman–Crippen MR) is 124 cm³/mol. The number of aromatic nitrogens is 2. The summed E-state index contributed by atoms with van der Waals surface area (Å²) in [5.41, 5.74) is 7.29. The number of nitrogens with two attached hydrogens (primary N) is 1. The first-order chi connectivity index (χ1) is 14.6. The van der Waals surface area contributed by atoms with E-state index < -0.39 is 7.82 Å². The van der Waals surface area contributed by atoms with Gasteiger partial charge in [-0.2, -0.15) is 0 Å². The molecule has 0 saturated carbocycles. The van der Waals surface area contributed by atoms with Crippen molar-refractivity contribution in [2.75, 3.05) is 12.3 Å². The Morgan fingerprint density at radius 3 is 2.53 bits per heavy atom. The van der Waals surface area contributed by atoms with Gasteiger partial charge in [-0.05, 0) is 25.6 Å². The van der Waals surface area contributed by atoms with E-state index in [1.165, 1.54) is 11.1 Å². The number of benzene rings is 1. The molecule has 0 atom stereocenters. The summed E-state index contributed by atoms with van der Waals surface area (Å²) >= 11 is 0.862. The van der Waals surface area contributed by atoms with Crippen LogP contribution in [-0.2, 0) is 20.4 Å². The molecular weight excluding hydrogens is 466 g/mol. The molecule has 168 valence electrons.